The Morgan fingerprint density at radius 1 is 1.47 bits per heavy atom. The van der Waals surface area contributed by atoms with Crippen molar-refractivity contribution >= 4 is 23.6 Å². The number of halogens is 1. The first-order valence-electron chi connectivity index (χ1n) is 5.35. The molecule has 1 amide bonds. The van der Waals surface area contributed by atoms with Gasteiger partial charge in [-0.3, -0.25) is 4.79 Å². The van der Waals surface area contributed by atoms with Gasteiger partial charge in [-0.15, -0.1) is 0 Å². The minimum absolute atomic E-state index is 0.00219. The van der Waals surface area contributed by atoms with Crippen molar-refractivity contribution in [2.24, 2.45) is 0 Å². The summed E-state index contributed by atoms with van der Waals surface area (Å²) in [7, 11) is 1.60. The lowest BCUT2D eigenvalue weighted by molar-refractivity contribution is -0.117. The molecule has 0 saturated carbocycles. The van der Waals surface area contributed by atoms with E-state index in [9.17, 15) is 4.79 Å². The average Bonchev–Trinajstić information content (AvgIpc) is 2.28. The van der Waals surface area contributed by atoms with Gasteiger partial charge in [0, 0.05) is 24.3 Å². The van der Waals surface area contributed by atoms with Gasteiger partial charge >= 0.3 is 0 Å². The molecule has 3 nitrogen and oxygen atoms in total. The summed E-state index contributed by atoms with van der Waals surface area (Å²) in [6.45, 7) is 2.39. The lowest BCUT2D eigenvalue weighted by Gasteiger charge is -2.10. The van der Waals surface area contributed by atoms with Crippen LogP contribution < -0.4 is 5.32 Å². The number of methoxy groups -OCH3 is 1. The number of amides is 1. The van der Waals surface area contributed by atoms with E-state index in [4.69, 9.17) is 16.3 Å². The third-order valence-electron chi connectivity index (χ3n) is 2.10. The summed E-state index contributed by atoms with van der Waals surface area (Å²) >= 11 is 5.76. The molecule has 0 aliphatic heterocycles. The summed E-state index contributed by atoms with van der Waals surface area (Å²) < 4.78 is 4.93. The summed E-state index contributed by atoms with van der Waals surface area (Å²) in [5, 5.41) is 3.47. The maximum Gasteiger partial charge on any atom is 0.244 e. The minimum atomic E-state index is -0.135. The standard InChI is InChI=1S/C13H16ClNO2/c1-10(9-17-2)15-13(16)8-5-11-3-6-12(14)7-4-11/h3-8,10H,9H2,1-2H3,(H,15,16). The van der Waals surface area contributed by atoms with Gasteiger partial charge in [-0.1, -0.05) is 23.7 Å². The molecule has 0 spiro atoms. The van der Waals surface area contributed by atoms with Crippen molar-refractivity contribution in [3.63, 3.8) is 0 Å². The molecule has 1 aromatic rings. The molecule has 92 valence electrons. The molecule has 0 bridgehead atoms. The molecule has 1 rings (SSSR count). The van der Waals surface area contributed by atoms with Crippen LogP contribution in [0.15, 0.2) is 30.3 Å². The molecule has 1 aromatic carbocycles. The molecule has 0 heterocycles. The number of carbonyl (C=O) groups is 1. The average molecular weight is 254 g/mol. The Kier molecular flexibility index (Phi) is 5.73. The van der Waals surface area contributed by atoms with Gasteiger partial charge < -0.3 is 10.1 Å². The number of nitrogens with one attached hydrogen (secondary N) is 1. The second-order valence-electron chi connectivity index (χ2n) is 3.75. The van der Waals surface area contributed by atoms with Crippen LogP contribution in [-0.2, 0) is 9.53 Å². The molecule has 1 unspecified atom stereocenters. The monoisotopic (exact) mass is 253 g/mol. The van der Waals surface area contributed by atoms with Crippen LogP contribution in [0.25, 0.3) is 6.08 Å². The Hall–Kier alpha value is -1.32. The first kappa shape index (κ1) is 13.7. The maximum absolute atomic E-state index is 11.5. The second-order valence-corrected chi connectivity index (χ2v) is 4.19. The first-order valence-corrected chi connectivity index (χ1v) is 5.72. The number of benzene rings is 1. The quantitative estimate of drug-likeness (QED) is 0.819. The van der Waals surface area contributed by atoms with Gasteiger partial charge in [0.2, 0.25) is 5.91 Å². The van der Waals surface area contributed by atoms with Crippen molar-refractivity contribution in [1.82, 2.24) is 5.32 Å². The zero-order valence-electron chi connectivity index (χ0n) is 9.94. The SMILES string of the molecule is COCC(C)NC(=O)C=Cc1ccc(Cl)cc1. The summed E-state index contributed by atoms with van der Waals surface area (Å²) in [5.74, 6) is -0.135. The Bertz CT molecular complexity index is 387. The molecular formula is C13H16ClNO2. The van der Waals surface area contributed by atoms with Crippen molar-refractivity contribution in [1.29, 1.82) is 0 Å². The van der Waals surface area contributed by atoms with Gasteiger partial charge in [-0.25, -0.2) is 0 Å². The van der Waals surface area contributed by atoms with Crippen LogP contribution in [0.2, 0.25) is 5.02 Å². The number of hydrogen-bond acceptors (Lipinski definition) is 2. The molecule has 0 saturated heterocycles. The van der Waals surface area contributed by atoms with Gasteiger partial charge in [0.25, 0.3) is 0 Å². The van der Waals surface area contributed by atoms with E-state index in [0.29, 0.717) is 11.6 Å². The van der Waals surface area contributed by atoms with E-state index in [0.717, 1.165) is 5.56 Å². The van der Waals surface area contributed by atoms with E-state index < -0.39 is 0 Å². The summed E-state index contributed by atoms with van der Waals surface area (Å²) in [6, 6.07) is 7.27. The van der Waals surface area contributed by atoms with E-state index >= 15 is 0 Å². The van der Waals surface area contributed by atoms with Crippen LogP contribution >= 0.6 is 11.6 Å². The lowest BCUT2D eigenvalue weighted by Crippen LogP contribution is -2.34. The molecular weight excluding hydrogens is 238 g/mol. The maximum atomic E-state index is 11.5. The minimum Gasteiger partial charge on any atom is -0.383 e. The highest BCUT2D eigenvalue weighted by atomic mass is 35.5. The smallest absolute Gasteiger partial charge is 0.244 e. The summed E-state index contributed by atoms with van der Waals surface area (Å²) in [5.41, 5.74) is 0.934. The zero-order chi connectivity index (χ0) is 12.7. The number of rotatable bonds is 5. The normalized spacial score (nSPS) is 12.6. The fraction of sp³-hybridized carbons (Fsp3) is 0.308. The highest BCUT2D eigenvalue weighted by Gasteiger charge is 2.02. The number of ether oxygens (including phenoxy) is 1. The Labute approximate surface area is 106 Å². The molecule has 1 atom stereocenters. The Morgan fingerprint density at radius 3 is 2.71 bits per heavy atom. The van der Waals surface area contributed by atoms with Crippen LogP contribution in [0.4, 0.5) is 0 Å². The Morgan fingerprint density at radius 2 is 2.12 bits per heavy atom. The first-order chi connectivity index (χ1) is 8.11. The van der Waals surface area contributed by atoms with Gasteiger partial charge in [0.05, 0.1) is 6.61 Å². The van der Waals surface area contributed by atoms with Crippen LogP contribution in [0.3, 0.4) is 0 Å². The van der Waals surface area contributed by atoms with Crippen LogP contribution in [0.5, 0.6) is 0 Å². The van der Waals surface area contributed by atoms with Crippen molar-refractivity contribution in [2.45, 2.75) is 13.0 Å². The molecule has 0 radical (unpaired) electrons. The molecule has 0 aromatic heterocycles. The molecule has 0 fully saturated rings. The molecule has 17 heavy (non-hydrogen) atoms. The lowest BCUT2D eigenvalue weighted by atomic mass is 10.2. The van der Waals surface area contributed by atoms with E-state index in [1.807, 2.05) is 19.1 Å². The second kappa shape index (κ2) is 7.09. The van der Waals surface area contributed by atoms with Gasteiger partial charge in [0.15, 0.2) is 0 Å². The van der Waals surface area contributed by atoms with Crippen molar-refractivity contribution in [3.05, 3.63) is 40.9 Å². The molecule has 0 aliphatic rings. The van der Waals surface area contributed by atoms with Crippen molar-refractivity contribution in [3.8, 4) is 0 Å². The van der Waals surface area contributed by atoms with Gasteiger partial charge in [0.1, 0.15) is 0 Å². The largest absolute Gasteiger partial charge is 0.383 e. The number of hydrogen-bond donors (Lipinski definition) is 1. The summed E-state index contributed by atoms with van der Waals surface area (Å²) in [6.07, 6.45) is 3.24. The van der Waals surface area contributed by atoms with Crippen LogP contribution in [0, 0.1) is 0 Å². The van der Waals surface area contributed by atoms with Gasteiger partial charge in [-0.05, 0) is 30.7 Å². The predicted octanol–water partition coefficient (Wildman–Crippen LogP) is 2.50. The fourth-order valence-electron chi connectivity index (χ4n) is 1.33. The highest BCUT2D eigenvalue weighted by Crippen LogP contribution is 2.10. The topological polar surface area (TPSA) is 38.3 Å². The van der Waals surface area contributed by atoms with Crippen LogP contribution in [0.1, 0.15) is 12.5 Å². The van der Waals surface area contributed by atoms with E-state index in [1.165, 1.54) is 6.08 Å². The molecule has 0 aliphatic carbocycles. The third kappa shape index (κ3) is 5.52. The third-order valence-corrected chi connectivity index (χ3v) is 2.35. The zero-order valence-corrected chi connectivity index (χ0v) is 10.7. The van der Waals surface area contributed by atoms with Crippen LogP contribution in [-0.4, -0.2) is 25.7 Å². The predicted molar refractivity (Wildman–Crippen MR) is 70.0 cm³/mol. The Balaban J connectivity index is 2.47. The van der Waals surface area contributed by atoms with Gasteiger partial charge in [-0.2, -0.15) is 0 Å². The summed E-state index contributed by atoms with van der Waals surface area (Å²) in [4.78, 5) is 11.5. The number of carbonyl (C=O) groups excluding carboxylic acids is 1. The van der Waals surface area contributed by atoms with E-state index in [-0.39, 0.29) is 11.9 Å². The van der Waals surface area contributed by atoms with Crippen molar-refractivity contribution < 1.29 is 9.53 Å². The fourth-order valence-corrected chi connectivity index (χ4v) is 1.45. The highest BCUT2D eigenvalue weighted by molar-refractivity contribution is 6.30. The van der Waals surface area contributed by atoms with E-state index in [1.54, 1.807) is 25.3 Å². The van der Waals surface area contributed by atoms with Crippen molar-refractivity contribution in [2.75, 3.05) is 13.7 Å². The molecule has 1 N–H and O–H groups in total. The molecule has 4 heteroatoms. The van der Waals surface area contributed by atoms with E-state index in [2.05, 4.69) is 5.32 Å².